The van der Waals surface area contributed by atoms with Crippen molar-refractivity contribution < 1.29 is 9.90 Å². The molecule has 4 heteroatoms. The van der Waals surface area contributed by atoms with Gasteiger partial charge < -0.3 is 10.1 Å². The second kappa shape index (κ2) is 4.32. The van der Waals surface area contributed by atoms with E-state index in [0.29, 0.717) is 10.9 Å². The van der Waals surface area contributed by atoms with Gasteiger partial charge in [-0.15, -0.1) is 0 Å². The predicted molar refractivity (Wildman–Crippen MR) is 71.0 cm³/mol. The third-order valence-corrected chi connectivity index (χ3v) is 3.97. The summed E-state index contributed by atoms with van der Waals surface area (Å²) in [6.07, 6.45) is 4.19. The molecule has 1 atom stereocenters. The highest BCUT2D eigenvalue weighted by Crippen LogP contribution is 2.47. The number of rotatable bonds is 4. The Morgan fingerprint density at radius 2 is 2.28 bits per heavy atom. The van der Waals surface area contributed by atoms with Crippen molar-refractivity contribution in [1.29, 1.82) is 0 Å². The molecule has 0 aliphatic heterocycles. The molecule has 18 heavy (non-hydrogen) atoms. The van der Waals surface area contributed by atoms with Crippen LogP contribution >= 0.6 is 11.6 Å². The Bertz CT molecular complexity index is 601. The minimum absolute atomic E-state index is 0.0829. The summed E-state index contributed by atoms with van der Waals surface area (Å²) in [5, 5.41) is 10.7. The van der Waals surface area contributed by atoms with Gasteiger partial charge in [-0.2, -0.15) is 0 Å². The molecule has 0 saturated heterocycles. The van der Waals surface area contributed by atoms with E-state index in [9.17, 15) is 4.79 Å². The van der Waals surface area contributed by atoms with Gasteiger partial charge in [0.05, 0.1) is 11.4 Å². The van der Waals surface area contributed by atoms with Crippen molar-refractivity contribution in [2.24, 2.45) is 5.92 Å². The number of carboxylic acids is 1. The summed E-state index contributed by atoms with van der Waals surface area (Å²) >= 11 is 6.20. The molecule has 1 heterocycles. The first kappa shape index (κ1) is 11.6. The quantitative estimate of drug-likeness (QED) is 0.882. The van der Waals surface area contributed by atoms with Gasteiger partial charge in [-0.25, -0.2) is 0 Å². The van der Waals surface area contributed by atoms with Gasteiger partial charge in [0.2, 0.25) is 0 Å². The number of halogens is 1. The van der Waals surface area contributed by atoms with Gasteiger partial charge in [-0.05, 0) is 36.3 Å². The molecule has 1 aromatic heterocycles. The molecule has 2 aromatic rings. The topological polar surface area (TPSA) is 53.1 Å². The van der Waals surface area contributed by atoms with Gasteiger partial charge in [-0.1, -0.05) is 23.7 Å². The normalized spacial score (nSPS) is 16.9. The van der Waals surface area contributed by atoms with E-state index in [4.69, 9.17) is 16.7 Å². The first-order chi connectivity index (χ1) is 8.66. The highest BCUT2D eigenvalue weighted by Gasteiger charge is 2.34. The SMILES string of the molecule is O=C(O)CC(c1cccc2[nH]cc(Cl)c12)C1CC1. The van der Waals surface area contributed by atoms with E-state index in [0.717, 1.165) is 29.3 Å². The second-order valence-electron chi connectivity index (χ2n) is 4.95. The summed E-state index contributed by atoms with van der Waals surface area (Å²) in [7, 11) is 0. The Morgan fingerprint density at radius 3 is 2.94 bits per heavy atom. The largest absolute Gasteiger partial charge is 0.481 e. The van der Waals surface area contributed by atoms with Gasteiger partial charge in [0.1, 0.15) is 0 Å². The van der Waals surface area contributed by atoms with Crippen LogP contribution < -0.4 is 0 Å². The summed E-state index contributed by atoms with van der Waals surface area (Å²) in [5.74, 6) is -0.160. The molecule has 1 aliphatic carbocycles. The summed E-state index contributed by atoms with van der Waals surface area (Å²) in [4.78, 5) is 14.2. The Morgan fingerprint density at radius 1 is 1.50 bits per heavy atom. The van der Waals surface area contributed by atoms with E-state index in [1.165, 1.54) is 0 Å². The van der Waals surface area contributed by atoms with Crippen molar-refractivity contribution in [2.45, 2.75) is 25.2 Å². The Labute approximate surface area is 110 Å². The van der Waals surface area contributed by atoms with Crippen LogP contribution in [0.2, 0.25) is 5.02 Å². The lowest BCUT2D eigenvalue weighted by Gasteiger charge is -2.16. The van der Waals surface area contributed by atoms with Gasteiger partial charge in [0, 0.05) is 17.1 Å². The molecule has 0 amide bonds. The molecular weight excluding hydrogens is 250 g/mol. The van der Waals surface area contributed by atoms with Gasteiger partial charge in [0.15, 0.2) is 0 Å². The van der Waals surface area contributed by atoms with Gasteiger partial charge in [-0.3, -0.25) is 4.79 Å². The lowest BCUT2D eigenvalue weighted by molar-refractivity contribution is -0.137. The van der Waals surface area contributed by atoms with Gasteiger partial charge >= 0.3 is 5.97 Å². The number of aliphatic carboxylic acids is 1. The summed E-state index contributed by atoms with van der Waals surface area (Å²) in [6, 6.07) is 5.94. The molecule has 1 aromatic carbocycles. The second-order valence-corrected chi connectivity index (χ2v) is 5.36. The van der Waals surface area contributed by atoms with E-state index in [1.807, 2.05) is 18.2 Å². The molecule has 1 saturated carbocycles. The van der Waals surface area contributed by atoms with Crippen LogP contribution in [0.5, 0.6) is 0 Å². The van der Waals surface area contributed by atoms with E-state index >= 15 is 0 Å². The number of hydrogen-bond acceptors (Lipinski definition) is 1. The van der Waals surface area contributed by atoms with Crippen molar-refractivity contribution in [1.82, 2.24) is 4.98 Å². The van der Waals surface area contributed by atoms with Gasteiger partial charge in [0.25, 0.3) is 0 Å². The average molecular weight is 264 g/mol. The van der Waals surface area contributed by atoms with Crippen LogP contribution in [0.25, 0.3) is 10.9 Å². The number of H-pyrrole nitrogens is 1. The van der Waals surface area contributed by atoms with Crippen LogP contribution in [0.4, 0.5) is 0 Å². The van der Waals surface area contributed by atoms with Crippen LogP contribution in [-0.4, -0.2) is 16.1 Å². The Kier molecular flexibility index (Phi) is 2.78. The maximum atomic E-state index is 11.0. The molecule has 3 nitrogen and oxygen atoms in total. The van der Waals surface area contributed by atoms with Crippen LogP contribution in [0.1, 0.15) is 30.7 Å². The summed E-state index contributed by atoms with van der Waals surface area (Å²) < 4.78 is 0. The number of nitrogens with one attached hydrogen (secondary N) is 1. The number of hydrogen-bond donors (Lipinski definition) is 2. The van der Waals surface area contributed by atoms with Crippen LogP contribution in [0.3, 0.4) is 0 Å². The highest BCUT2D eigenvalue weighted by molar-refractivity contribution is 6.35. The Balaban J connectivity index is 2.10. The van der Waals surface area contributed by atoms with Crippen molar-refractivity contribution in [2.75, 3.05) is 0 Å². The average Bonchev–Trinajstić information content (AvgIpc) is 3.11. The molecule has 1 unspecified atom stereocenters. The zero-order valence-corrected chi connectivity index (χ0v) is 10.6. The molecule has 1 aliphatic rings. The standard InChI is InChI=1S/C14H14ClNO2/c15-11-7-16-12-3-1-2-9(14(11)12)10(6-13(17)18)8-4-5-8/h1-3,7-8,10,16H,4-6H2,(H,17,18). The summed E-state index contributed by atoms with van der Waals surface area (Å²) in [5.41, 5.74) is 2.05. The lowest BCUT2D eigenvalue weighted by atomic mass is 9.89. The number of aromatic amines is 1. The molecule has 0 bridgehead atoms. The van der Waals surface area contributed by atoms with E-state index < -0.39 is 5.97 Å². The zero-order valence-electron chi connectivity index (χ0n) is 9.82. The lowest BCUT2D eigenvalue weighted by Crippen LogP contribution is -2.08. The molecule has 0 spiro atoms. The maximum Gasteiger partial charge on any atom is 0.303 e. The van der Waals surface area contributed by atoms with E-state index in [2.05, 4.69) is 4.98 Å². The number of aromatic nitrogens is 1. The van der Waals surface area contributed by atoms with E-state index in [-0.39, 0.29) is 12.3 Å². The first-order valence-corrected chi connectivity index (χ1v) is 6.52. The molecule has 2 N–H and O–H groups in total. The third-order valence-electron chi connectivity index (χ3n) is 3.67. The molecule has 0 radical (unpaired) electrons. The zero-order chi connectivity index (χ0) is 12.7. The third kappa shape index (κ3) is 1.99. The minimum Gasteiger partial charge on any atom is -0.481 e. The smallest absolute Gasteiger partial charge is 0.303 e. The fourth-order valence-electron chi connectivity index (χ4n) is 2.70. The number of fused-ring (bicyclic) bond motifs is 1. The van der Waals surface area contributed by atoms with Crippen molar-refractivity contribution >= 4 is 28.5 Å². The number of carboxylic acid groups (broad SMARTS) is 1. The summed E-state index contributed by atoms with van der Waals surface area (Å²) in [6.45, 7) is 0. The predicted octanol–water partition coefficient (Wildman–Crippen LogP) is 3.79. The fourth-order valence-corrected chi connectivity index (χ4v) is 2.96. The Hall–Kier alpha value is -1.48. The van der Waals surface area contributed by atoms with Crippen LogP contribution in [0, 0.1) is 5.92 Å². The molecule has 3 rings (SSSR count). The monoisotopic (exact) mass is 263 g/mol. The van der Waals surface area contributed by atoms with Crippen LogP contribution in [0.15, 0.2) is 24.4 Å². The van der Waals surface area contributed by atoms with Crippen LogP contribution in [-0.2, 0) is 4.79 Å². The molecular formula is C14H14ClNO2. The molecule has 94 valence electrons. The van der Waals surface area contributed by atoms with E-state index in [1.54, 1.807) is 6.20 Å². The maximum absolute atomic E-state index is 11.0. The first-order valence-electron chi connectivity index (χ1n) is 6.14. The number of carbonyl (C=O) groups is 1. The minimum atomic E-state index is -0.740. The fraction of sp³-hybridized carbons (Fsp3) is 0.357. The molecule has 1 fully saturated rings. The highest BCUT2D eigenvalue weighted by atomic mass is 35.5. The van der Waals surface area contributed by atoms with Crippen molar-refractivity contribution in [3.05, 3.63) is 35.0 Å². The number of benzene rings is 1. The van der Waals surface area contributed by atoms with Crippen molar-refractivity contribution in [3.8, 4) is 0 Å². The van der Waals surface area contributed by atoms with Crippen molar-refractivity contribution in [3.63, 3.8) is 0 Å².